The zero-order valence-corrected chi connectivity index (χ0v) is 18.4. The first-order valence-corrected chi connectivity index (χ1v) is 10.8. The Morgan fingerprint density at radius 3 is 2.36 bits per heavy atom. The lowest BCUT2D eigenvalue weighted by Gasteiger charge is -2.17. The van der Waals surface area contributed by atoms with Gasteiger partial charge < -0.3 is 10.1 Å². The number of amides is 1. The second-order valence-electron chi connectivity index (χ2n) is 6.53. The van der Waals surface area contributed by atoms with Gasteiger partial charge in [0.05, 0.1) is 24.1 Å². The summed E-state index contributed by atoms with van der Waals surface area (Å²) in [7, 11) is -1.20. The van der Waals surface area contributed by atoms with E-state index in [0.717, 1.165) is 25.9 Å². The summed E-state index contributed by atoms with van der Waals surface area (Å²) in [6, 6.07) is 4.84. The maximum absolute atomic E-state index is 12.7. The standard InChI is InChI=1S/C19H24N2O5S2/c1-11-7-8-15(9-12(11)2)28(24,25)21(5)10-16(22)20-18-17(19(23)26-6)13(3)14(4)27-18/h7-9H,10H2,1-6H3,(H,20,22). The van der Waals surface area contributed by atoms with Crippen LogP contribution in [0.15, 0.2) is 23.1 Å². The van der Waals surface area contributed by atoms with Crippen LogP contribution in [0.25, 0.3) is 0 Å². The summed E-state index contributed by atoms with van der Waals surface area (Å²) in [5.74, 6) is -1.09. The third kappa shape index (κ3) is 4.43. The molecule has 1 N–H and O–H groups in total. The summed E-state index contributed by atoms with van der Waals surface area (Å²) in [4.78, 5) is 25.4. The number of benzene rings is 1. The number of esters is 1. The number of hydrogen-bond acceptors (Lipinski definition) is 6. The van der Waals surface area contributed by atoms with Crippen LogP contribution in [-0.4, -0.2) is 45.3 Å². The third-order valence-corrected chi connectivity index (χ3v) is 7.50. The van der Waals surface area contributed by atoms with Crippen LogP contribution in [0.5, 0.6) is 0 Å². The first-order valence-electron chi connectivity index (χ1n) is 8.50. The van der Waals surface area contributed by atoms with Crippen LogP contribution >= 0.6 is 11.3 Å². The Balaban J connectivity index is 2.20. The maximum atomic E-state index is 12.7. The molecule has 0 fully saturated rings. The molecule has 0 aliphatic rings. The van der Waals surface area contributed by atoms with Gasteiger partial charge in [-0.25, -0.2) is 13.2 Å². The fraction of sp³-hybridized carbons (Fsp3) is 0.368. The molecule has 2 aromatic rings. The van der Waals surface area contributed by atoms with Crippen molar-refractivity contribution in [1.29, 1.82) is 0 Å². The second kappa shape index (κ2) is 8.42. The number of carbonyl (C=O) groups excluding carboxylic acids is 2. The molecular formula is C19H24N2O5S2. The maximum Gasteiger partial charge on any atom is 0.341 e. The van der Waals surface area contributed by atoms with Gasteiger partial charge in [-0.1, -0.05) is 6.07 Å². The average molecular weight is 425 g/mol. The summed E-state index contributed by atoms with van der Waals surface area (Å²) in [5.41, 5.74) is 2.85. The molecule has 0 spiro atoms. The largest absolute Gasteiger partial charge is 0.465 e. The number of sulfonamides is 1. The number of hydrogen-bond donors (Lipinski definition) is 1. The van der Waals surface area contributed by atoms with Crippen molar-refractivity contribution in [2.24, 2.45) is 0 Å². The van der Waals surface area contributed by atoms with Crippen LogP contribution in [0.4, 0.5) is 5.00 Å². The number of thiophene rings is 1. The Kier molecular flexibility index (Phi) is 6.63. The highest BCUT2D eigenvalue weighted by molar-refractivity contribution is 7.89. The average Bonchev–Trinajstić information content (AvgIpc) is 2.90. The molecule has 0 saturated heterocycles. The fourth-order valence-corrected chi connectivity index (χ4v) is 4.85. The highest BCUT2D eigenvalue weighted by atomic mass is 32.2. The van der Waals surface area contributed by atoms with Gasteiger partial charge in [0.1, 0.15) is 5.00 Å². The normalized spacial score (nSPS) is 11.5. The van der Waals surface area contributed by atoms with Crippen molar-refractivity contribution in [3.05, 3.63) is 45.3 Å². The van der Waals surface area contributed by atoms with Gasteiger partial charge in [0.2, 0.25) is 15.9 Å². The van der Waals surface area contributed by atoms with Gasteiger partial charge in [-0.3, -0.25) is 4.79 Å². The molecule has 1 heterocycles. The van der Waals surface area contributed by atoms with E-state index in [9.17, 15) is 18.0 Å². The Bertz CT molecular complexity index is 1030. The molecule has 0 radical (unpaired) electrons. The Hall–Kier alpha value is -2.23. The van der Waals surface area contributed by atoms with Crippen LogP contribution in [0.1, 0.15) is 31.9 Å². The Morgan fingerprint density at radius 1 is 1.14 bits per heavy atom. The highest BCUT2D eigenvalue weighted by Gasteiger charge is 2.26. The van der Waals surface area contributed by atoms with Gasteiger partial charge in [0, 0.05) is 11.9 Å². The van der Waals surface area contributed by atoms with Crippen LogP contribution in [0.3, 0.4) is 0 Å². The van der Waals surface area contributed by atoms with Crippen LogP contribution in [0, 0.1) is 27.7 Å². The Morgan fingerprint density at radius 2 is 1.79 bits per heavy atom. The van der Waals surface area contributed by atoms with E-state index in [4.69, 9.17) is 4.74 Å². The second-order valence-corrected chi connectivity index (χ2v) is 9.80. The van der Waals surface area contributed by atoms with Crippen molar-refractivity contribution < 1.29 is 22.7 Å². The molecule has 7 nitrogen and oxygen atoms in total. The monoisotopic (exact) mass is 424 g/mol. The number of aryl methyl sites for hydroxylation is 3. The van der Waals surface area contributed by atoms with Crippen molar-refractivity contribution in [2.45, 2.75) is 32.6 Å². The van der Waals surface area contributed by atoms with Gasteiger partial charge >= 0.3 is 5.97 Å². The van der Waals surface area contributed by atoms with E-state index >= 15 is 0 Å². The molecule has 0 bridgehead atoms. The molecule has 0 aliphatic carbocycles. The van der Waals surface area contributed by atoms with Crippen molar-refractivity contribution in [1.82, 2.24) is 4.31 Å². The molecule has 2 rings (SSSR count). The first-order chi connectivity index (χ1) is 13.0. The number of carbonyl (C=O) groups is 2. The molecule has 0 unspecified atom stereocenters. The molecule has 1 aromatic carbocycles. The van der Waals surface area contributed by atoms with Crippen LogP contribution in [-0.2, 0) is 19.6 Å². The van der Waals surface area contributed by atoms with E-state index < -0.39 is 21.9 Å². The van der Waals surface area contributed by atoms with Crippen molar-refractivity contribution in [2.75, 3.05) is 26.0 Å². The lowest BCUT2D eigenvalue weighted by atomic mass is 10.1. The Labute approximate surface area is 169 Å². The third-order valence-electron chi connectivity index (χ3n) is 4.58. The summed E-state index contributed by atoms with van der Waals surface area (Å²) < 4.78 is 31.2. The number of methoxy groups -OCH3 is 1. The van der Waals surface area contributed by atoms with E-state index in [2.05, 4.69) is 5.32 Å². The minimum atomic E-state index is -3.82. The van der Waals surface area contributed by atoms with E-state index in [1.807, 2.05) is 20.8 Å². The molecule has 1 aromatic heterocycles. The lowest BCUT2D eigenvalue weighted by molar-refractivity contribution is -0.116. The van der Waals surface area contributed by atoms with Gasteiger partial charge in [0.15, 0.2) is 0 Å². The zero-order valence-electron chi connectivity index (χ0n) is 16.7. The summed E-state index contributed by atoms with van der Waals surface area (Å²) in [5, 5.41) is 2.99. The quantitative estimate of drug-likeness (QED) is 0.720. The SMILES string of the molecule is COC(=O)c1c(NC(=O)CN(C)S(=O)(=O)c2ccc(C)c(C)c2)sc(C)c1C. The number of anilines is 1. The predicted molar refractivity (Wildman–Crippen MR) is 109 cm³/mol. The minimum absolute atomic E-state index is 0.129. The van der Waals surface area contributed by atoms with E-state index in [0.29, 0.717) is 5.00 Å². The van der Waals surface area contributed by atoms with Crippen molar-refractivity contribution >= 4 is 38.2 Å². The zero-order chi connectivity index (χ0) is 21.2. The summed E-state index contributed by atoms with van der Waals surface area (Å²) in [6.07, 6.45) is 0. The van der Waals surface area contributed by atoms with Crippen LogP contribution < -0.4 is 5.32 Å². The molecule has 0 atom stereocenters. The fourth-order valence-electron chi connectivity index (χ4n) is 2.57. The lowest BCUT2D eigenvalue weighted by Crippen LogP contribution is -2.35. The summed E-state index contributed by atoms with van der Waals surface area (Å²) >= 11 is 1.25. The molecule has 0 saturated carbocycles. The molecule has 9 heteroatoms. The van der Waals surface area contributed by atoms with Crippen molar-refractivity contribution in [3.8, 4) is 0 Å². The molecule has 1 amide bonds. The number of ether oxygens (including phenoxy) is 1. The molecule has 28 heavy (non-hydrogen) atoms. The predicted octanol–water partition coefficient (Wildman–Crippen LogP) is 3.03. The smallest absolute Gasteiger partial charge is 0.341 e. The van der Waals surface area contributed by atoms with E-state index in [1.54, 1.807) is 19.1 Å². The molecular weight excluding hydrogens is 400 g/mol. The topological polar surface area (TPSA) is 92.8 Å². The van der Waals surface area contributed by atoms with Crippen molar-refractivity contribution in [3.63, 3.8) is 0 Å². The van der Waals surface area contributed by atoms with Gasteiger partial charge in [-0.2, -0.15) is 4.31 Å². The minimum Gasteiger partial charge on any atom is -0.465 e. The van der Waals surface area contributed by atoms with E-state index in [-0.39, 0.29) is 17.0 Å². The number of nitrogens with one attached hydrogen (secondary N) is 1. The van der Waals surface area contributed by atoms with Gasteiger partial charge in [-0.05, 0) is 56.5 Å². The molecule has 152 valence electrons. The van der Waals surface area contributed by atoms with Gasteiger partial charge in [-0.15, -0.1) is 11.3 Å². The van der Waals surface area contributed by atoms with Gasteiger partial charge in [0.25, 0.3) is 0 Å². The van der Waals surface area contributed by atoms with E-state index in [1.165, 1.54) is 31.6 Å². The summed E-state index contributed by atoms with van der Waals surface area (Å²) in [6.45, 7) is 6.94. The number of rotatable bonds is 6. The molecule has 0 aliphatic heterocycles. The van der Waals surface area contributed by atoms with Crippen LogP contribution in [0.2, 0.25) is 0 Å². The highest BCUT2D eigenvalue weighted by Crippen LogP contribution is 2.33. The first kappa shape index (κ1) is 22.1. The number of likely N-dealkylation sites (N-methyl/N-ethyl adjacent to an activating group) is 1. The number of nitrogens with zero attached hydrogens (tertiary/aromatic N) is 1.